The van der Waals surface area contributed by atoms with Crippen molar-refractivity contribution in [1.29, 1.82) is 0 Å². The zero-order valence-electron chi connectivity index (χ0n) is 18.1. The van der Waals surface area contributed by atoms with Gasteiger partial charge in [0.15, 0.2) is 0 Å². The zero-order valence-corrected chi connectivity index (χ0v) is 18.9. The van der Waals surface area contributed by atoms with E-state index in [1.807, 2.05) is 47.5 Å². The Morgan fingerprint density at radius 1 is 1.03 bits per heavy atom. The van der Waals surface area contributed by atoms with E-state index in [0.29, 0.717) is 18.7 Å². The summed E-state index contributed by atoms with van der Waals surface area (Å²) in [4.78, 5) is 25.5. The Hall–Kier alpha value is -2.86. The number of amides is 1. The molecule has 1 amide bonds. The molecule has 0 atom stereocenters. The average molecular weight is 421 g/mol. The van der Waals surface area contributed by atoms with Crippen molar-refractivity contribution in [3.05, 3.63) is 64.5 Å². The first-order valence-corrected chi connectivity index (χ1v) is 11.2. The van der Waals surface area contributed by atoms with E-state index in [9.17, 15) is 4.79 Å². The molecule has 3 aromatic rings. The molecule has 0 bridgehead atoms. The SMILES string of the molecule is Cc1ccc(C)c(N2CCN(C(=O)c3ccc(-c4cccs4)nc3N(C)C)CC2)c1. The zero-order chi connectivity index (χ0) is 21.3. The van der Waals surface area contributed by atoms with E-state index in [1.165, 1.54) is 16.8 Å². The molecule has 0 aliphatic carbocycles. The molecule has 0 saturated carbocycles. The van der Waals surface area contributed by atoms with Crippen molar-refractivity contribution in [2.24, 2.45) is 0 Å². The molecule has 1 aliphatic heterocycles. The second-order valence-electron chi connectivity index (χ2n) is 8.01. The first-order valence-electron chi connectivity index (χ1n) is 10.3. The van der Waals surface area contributed by atoms with E-state index in [-0.39, 0.29) is 5.91 Å². The summed E-state index contributed by atoms with van der Waals surface area (Å²) in [6.07, 6.45) is 0. The molecule has 1 aliphatic rings. The van der Waals surface area contributed by atoms with Crippen molar-refractivity contribution < 1.29 is 4.79 Å². The molecule has 156 valence electrons. The summed E-state index contributed by atoms with van der Waals surface area (Å²) in [5.41, 5.74) is 5.40. The van der Waals surface area contributed by atoms with Crippen LogP contribution in [0.2, 0.25) is 0 Å². The first kappa shape index (κ1) is 20.4. The summed E-state index contributed by atoms with van der Waals surface area (Å²) in [5, 5.41) is 2.04. The fourth-order valence-corrected chi connectivity index (χ4v) is 4.59. The summed E-state index contributed by atoms with van der Waals surface area (Å²) in [5.74, 6) is 0.785. The molecule has 5 nitrogen and oxygen atoms in total. The van der Waals surface area contributed by atoms with Gasteiger partial charge in [0.05, 0.1) is 16.1 Å². The molecule has 1 saturated heterocycles. The Morgan fingerprint density at radius 3 is 2.47 bits per heavy atom. The Morgan fingerprint density at radius 2 is 1.80 bits per heavy atom. The molecule has 0 radical (unpaired) electrons. The van der Waals surface area contributed by atoms with Crippen LogP contribution in [-0.2, 0) is 0 Å². The van der Waals surface area contributed by atoms with Crippen LogP contribution in [0.25, 0.3) is 10.6 Å². The Bertz CT molecular complexity index is 1040. The third kappa shape index (κ3) is 4.05. The predicted octanol–water partition coefficient (Wildman–Crippen LogP) is 4.46. The van der Waals surface area contributed by atoms with E-state index in [2.05, 4.69) is 43.0 Å². The van der Waals surface area contributed by atoms with Gasteiger partial charge in [-0.2, -0.15) is 0 Å². The van der Waals surface area contributed by atoms with Crippen molar-refractivity contribution in [3.63, 3.8) is 0 Å². The number of benzene rings is 1. The third-order valence-corrected chi connectivity index (χ3v) is 6.47. The molecule has 0 unspecified atom stereocenters. The second kappa shape index (κ2) is 8.48. The van der Waals surface area contributed by atoms with Crippen LogP contribution in [0.15, 0.2) is 47.8 Å². The van der Waals surface area contributed by atoms with Gasteiger partial charge in [-0.05, 0) is 54.6 Å². The van der Waals surface area contributed by atoms with Crippen molar-refractivity contribution in [2.75, 3.05) is 50.1 Å². The fraction of sp³-hybridized carbons (Fsp3) is 0.333. The highest BCUT2D eigenvalue weighted by Crippen LogP contribution is 2.28. The molecule has 1 aromatic carbocycles. The number of aryl methyl sites for hydroxylation is 2. The Balaban J connectivity index is 1.52. The van der Waals surface area contributed by atoms with Crippen LogP contribution in [0, 0.1) is 13.8 Å². The number of pyridine rings is 1. The van der Waals surface area contributed by atoms with E-state index >= 15 is 0 Å². The molecule has 2 aromatic heterocycles. The molecule has 3 heterocycles. The van der Waals surface area contributed by atoms with Crippen LogP contribution in [0.4, 0.5) is 11.5 Å². The van der Waals surface area contributed by atoms with Crippen LogP contribution in [-0.4, -0.2) is 56.1 Å². The van der Waals surface area contributed by atoms with Gasteiger partial charge in [0.25, 0.3) is 5.91 Å². The quantitative estimate of drug-likeness (QED) is 0.625. The van der Waals surface area contributed by atoms with Crippen LogP contribution in [0.3, 0.4) is 0 Å². The topological polar surface area (TPSA) is 39.7 Å². The smallest absolute Gasteiger partial charge is 0.257 e. The average Bonchev–Trinajstić information content (AvgIpc) is 3.29. The van der Waals surface area contributed by atoms with E-state index in [1.54, 1.807) is 11.3 Å². The minimum atomic E-state index is 0.0598. The number of rotatable bonds is 4. The number of carbonyl (C=O) groups is 1. The van der Waals surface area contributed by atoms with Gasteiger partial charge < -0.3 is 14.7 Å². The van der Waals surface area contributed by atoms with Crippen LogP contribution in [0.1, 0.15) is 21.5 Å². The van der Waals surface area contributed by atoms with Gasteiger partial charge in [-0.3, -0.25) is 4.79 Å². The minimum Gasteiger partial charge on any atom is -0.368 e. The van der Waals surface area contributed by atoms with Crippen molar-refractivity contribution in [3.8, 4) is 10.6 Å². The van der Waals surface area contributed by atoms with Gasteiger partial charge in [0.2, 0.25) is 0 Å². The summed E-state index contributed by atoms with van der Waals surface area (Å²) < 4.78 is 0. The van der Waals surface area contributed by atoms with Crippen LogP contribution >= 0.6 is 11.3 Å². The number of carbonyl (C=O) groups excluding carboxylic acids is 1. The van der Waals surface area contributed by atoms with Gasteiger partial charge in [0, 0.05) is 46.0 Å². The van der Waals surface area contributed by atoms with Crippen LogP contribution < -0.4 is 9.80 Å². The maximum Gasteiger partial charge on any atom is 0.257 e. The van der Waals surface area contributed by atoms with Crippen molar-refractivity contribution in [1.82, 2.24) is 9.88 Å². The molecular formula is C24H28N4OS. The molecule has 1 fully saturated rings. The van der Waals surface area contributed by atoms with Gasteiger partial charge in [-0.25, -0.2) is 4.98 Å². The van der Waals surface area contributed by atoms with Crippen molar-refractivity contribution in [2.45, 2.75) is 13.8 Å². The number of hydrogen-bond donors (Lipinski definition) is 0. The number of hydrogen-bond acceptors (Lipinski definition) is 5. The van der Waals surface area contributed by atoms with E-state index in [4.69, 9.17) is 4.98 Å². The summed E-state index contributed by atoms with van der Waals surface area (Å²) in [6, 6.07) is 14.5. The third-order valence-electron chi connectivity index (χ3n) is 5.57. The monoisotopic (exact) mass is 420 g/mol. The summed E-state index contributed by atoms with van der Waals surface area (Å²) in [7, 11) is 3.88. The maximum absolute atomic E-state index is 13.3. The standard InChI is InChI=1S/C24H28N4OS/c1-17-7-8-18(2)21(16-17)27-11-13-28(14-12-27)24(29)19-9-10-20(22-6-5-15-30-22)25-23(19)26(3)4/h5-10,15-16H,11-14H2,1-4H3. The maximum atomic E-state index is 13.3. The van der Waals surface area contributed by atoms with E-state index < -0.39 is 0 Å². The predicted molar refractivity (Wildman–Crippen MR) is 126 cm³/mol. The molecule has 0 N–H and O–H groups in total. The fourth-order valence-electron chi connectivity index (χ4n) is 3.90. The number of aromatic nitrogens is 1. The molecule has 30 heavy (non-hydrogen) atoms. The van der Waals surface area contributed by atoms with Crippen LogP contribution in [0.5, 0.6) is 0 Å². The minimum absolute atomic E-state index is 0.0598. The highest BCUT2D eigenvalue weighted by Gasteiger charge is 2.26. The lowest BCUT2D eigenvalue weighted by molar-refractivity contribution is 0.0747. The molecule has 4 rings (SSSR count). The Labute approximate surface area is 182 Å². The second-order valence-corrected chi connectivity index (χ2v) is 8.96. The van der Waals surface area contributed by atoms with Gasteiger partial charge in [-0.15, -0.1) is 11.3 Å². The molecular weight excluding hydrogens is 392 g/mol. The summed E-state index contributed by atoms with van der Waals surface area (Å²) in [6.45, 7) is 7.38. The van der Waals surface area contributed by atoms with Gasteiger partial charge in [0.1, 0.15) is 5.82 Å². The first-order chi connectivity index (χ1) is 14.4. The molecule has 6 heteroatoms. The number of nitrogens with zero attached hydrogens (tertiary/aromatic N) is 4. The lowest BCUT2D eigenvalue weighted by Crippen LogP contribution is -2.49. The summed E-state index contributed by atoms with van der Waals surface area (Å²) >= 11 is 1.66. The molecule has 0 spiro atoms. The normalized spacial score (nSPS) is 14.1. The number of anilines is 2. The number of thiophene rings is 1. The van der Waals surface area contributed by atoms with E-state index in [0.717, 1.165) is 29.5 Å². The van der Waals surface area contributed by atoms with Gasteiger partial charge in [-0.1, -0.05) is 18.2 Å². The van der Waals surface area contributed by atoms with Gasteiger partial charge >= 0.3 is 0 Å². The number of piperazine rings is 1. The lowest BCUT2D eigenvalue weighted by atomic mass is 10.1. The van der Waals surface area contributed by atoms with Crippen molar-refractivity contribution >= 4 is 28.7 Å². The highest BCUT2D eigenvalue weighted by molar-refractivity contribution is 7.13. The lowest BCUT2D eigenvalue weighted by Gasteiger charge is -2.37. The highest BCUT2D eigenvalue weighted by atomic mass is 32.1. The Kier molecular flexibility index (Phi) is 5.77. The largest absolute Gasteiger partial charge is 0.368 e.